The number of carbonyl (C=O) groups is 3. The van der Waals surface area contributed by atoms with Crippen molar-refractivity contribution in [3.8, 4) is 17.2 Å². The average Bonchev–Trinajstić information content (AvgIpc) is 3.21. The van der Waals surface area contributed by atoms with Crippen molar-refractivity contribution in [3.05, 3.63) is 52.6 Å². The third-order valence-electron chi connectivity index (χ3n) is 7.38. The number of hydrogen-bond donors (Lipinski definition) is 2. The zero-order chi connectivity index (χ0) is 24.6. The number of hydrogen-bond acceptors (Lipinski definition) is 7. The molecule has 1 amide bonds. The molecule has 1 aliphatic heterocycles. The van der Waals surface area contributed by atoms with E-state index in [1.807, 2.05) is 0 Å². The maximum Gasteiger partial charge on any atom is 0.354 e. The van der Waals surface area contributed by atoms with Crippen molar-refractivity contribution in [2.75, 3.05) is 35.0 Å². The summed E-state index contributed by atoms with van der Waals surface area (Å²) in [5.74, 6) is 0.478. The predicted molar refractivity (Wildman–Crippen MR) is 123 cm³/mol. The van der Waals surface area contributed by atoms with Gasteiger partial charge in [0.25, 0.3) is 5.91 Å². The van der Waals surface area contributed by atoms with Crippen LogP contribution in [0.3, 0.4) is 0 Å². The molecule has 10 nitrogen and oxygen atoms in total. The van der Waals surface area contributed by atoms with Gasteiger partial charge in [-0.25, -0.2) is 4.79 Å². The lowest BCUT2D eigenvalue weighted by Gasteiger charge is -2.27. The van der Waals surface area contributed by atoms with Crippen LogP contribution in [0.25, 0.3) is 10.9 Å². The van der Waals surface area contributed by atoms with Gasteiger partial charge in [0.05, 0.1) is 39.6 Å². The van der Waals surface area contributed by atoms with E-state index >= 15 is 0 Å². The minimum atomic E-state index is -0.536. The standard InChI is InChI=1S/C25H23N3O7/c1-32-18-7-14-12(21(33-2)22(18)34-3)5-15(26-14)23(30)28-10-11-9-25(11)13-6-16(24(31)35-4)27-20(13)17(29)8-19(25)28/h5-8,11,26-27H,9-10H2,1-4H3/t11-,25-/m1/s1. The Kier molecular flexibility index (Phi) is 4.35. The molecule has 2 aliphatic carbocycles. The van der Waals surface area contributed by atoms with Crippen molar-refractivity contribution < 1.29 is 33.3 Å². The van der Waals surface area contributed by atoms with Crippen molar-refractivity contribution in [2.45, 2.75) is 11.8 Å². The number of methoxy groups -OCH3 is 4. The average molecular weight is 477 g/mol. The van der Waals surface area contributed by atoms with Gasteiger partial charge in [-0.15, -0.1) is 0 Å². The molecular formula is C25H23N3O7. The van der Waals surface area contributed by atoms with E-state index in [0.29, 0.717) is 51.8 Å². The van der Waals surface area contributed by atoms with Gasteiger partial charge in [0.15, 0.2) is 11.5 Å². The van der Waals surface area contributed by atoms with Crippen LogP contribution in [0.4, 0.5) is 0 Å². The Morgan fingerprint density at radius 3 is 2.46 bits per heavy atom. The number of ketones is 1. The molecule has 1 saturated heterocycles. The molecule has 180 valence electrons. The SMILES string of the molecule is COC(=O)c1cc2c([nH]1)C(=O)C=C1N(C(=O)c3cc4c(OC)c(OC)c(OC)cc4[nH]3)C[C@H]3C[C@]123. The molecule has 1 aromatic carbocycles. The Hall–Kier alpha value is -4.21. The van der Waals surface area contributed by atoms with Crippen LogP contribution in [-0.2, 0) is 10.2 Å². The lowest BCUT2D eigenvalue weighted by Crippen LogP contribution is -2.33. The number of aromatic amines is 2. The second-order valence-electron chi connectivity index (χ2n) is 8.93. The first-order valence-corrected chi connectivity index (χ1v) is 11.1. The number of nitrogens with one attached hydrogen (secondary N) is 2. The number of H-pyrrole nitrogens is 2. The Labute approximate surface area is 199 Å². The van der Waals surface area contributed by atoms with Crippen molar-refractivity contribution in [1.29, 1.82) is 0 Å². The van der Waals surface area contributed by atoms with E-state index in [1.54, 1.807) is 23.1 Å². The van der Waals surface area contributed by atoms with Gasteiger partial charge in [-0.2, -0.15) is 0 Å². The van der Waals surface area contributed by atoms with Crippen molar-refractivity contribution >= 4 is 28.6 Å². The molecule has 6 rings (SSSR count). The summed E-state index contributed by atoms with van der Waals surface area (Å²) in [4.78, 5) is 46.4. The van der Waals surface area contributed by atoms with Gasteiger partial charge in [0, 0.05) is 35.2 Å². The normalized spacial score (nSPS) is 21.7. The number of allylic oxidation sites excluding steroid dienone is 2. The van der Waals surface area contributed by atoms with E-state index in [9.17, 15) is 14.4 Å². The number of esters is 1. The highest BCUT2D eigenvalue weighted by molar-refractivity contribution is 6.10. The number of fused-ring (bicyclic) bond motifs is 2. The highest BCUT2D eigenvalue weighted by Gasteiger charge is 2.68. The van der Waals surface area contributed by atoms with E-state index in [2.05, 4.69) is 9.97 Å². The Morgan fingerprint density at radius 2 is 1.77 bits per heavy atom. The summed E-state index contributed by atoms with van der Waals surface area (Å²) in [6.45, 7) is 0.481. The van der Waals surface area contributed by atoms with Crippen LogP contribution in [0.5, 0.6) is 17.2 Å². The van der Waals surface area contributed by atoms with Crippen molar-refractivity contribution in [1.82, 2.24) is 14.9 Å². The fourth-order valence-corrected chi connectivity index (χ4v) is 5.72. The van der Waals surface area contributed by atoms with Gasteiger partial charge in [0.2, 0.25) is 11.5 Å². The zero-order valence-corrected chi connectivity index (χ0v) is 19.6. The van der Waals surface area contributed by atoms with Crippen LogP contribution in [0.15, 0.2) is 30.0 Å². The molecule has 0 radical (unpaired) electrons. The largest absolute Gasteiger partial charge is 0.493 e. The smallest absolute Gasteiger partial charge is 0.354 e. The van der Waals surface area contributed by atoms with Gasteiger partial charge in [-0.3, -0.25) is 9.59 Å². The summed E-state index contributed by atoms with van der Waals surface area (Å²) in [5.41, 5.74) is 2.61. The summed E-state index contributed by atoms with van der Waals surface area (Å²) < 4.78 is 21.2. The first kappa shape index (κ1) is 21.3. The first-order chi connectivity index (χ1) is 16.9. The summed E-state index contributed by atoms with van der Waals surface area (Å²) in [6.07, 6.45) is 2.33. The minimum Gasteiger partial charge on any atom is -0.493 e. The first-order valence-electron chi connectivity index (χ1n) is 11.1. The molecule has 3 aromatic rings. The van der Waals surface area contributed by atoms with E-state index < -0.39 is 11.4 Å². The fraction of sp³-hybridized carbons (Fsp3) is 0.320. The summed E-state index contributed by atoms with van der Waals surface area (Å²) in [7, 11) is 5.87. The van der Waals surface area contributed by atoms with Gasteiger partial charge in [0.1, 0.15) is 11.4 Å². The predicted octanol–water partition coefficient (Wildman–Crippen LogP) is 2.80. The number of likely N-dealkylation sites (tertiary alicyclic amines) is 1. The van der Waals surface area contributed by atoms with Crippen LogP contribution in [0, 0.1) is 5.92 Å². The minimum absolute atomic E-state index is 0.171. The number of carbonyl (C=O) groups excluding carboxylic acids is 3. The number of amides is 1. The molecule has 2 atom stereocenters. The zero-order valence-electron chi connectivity index (χ0n) is 19.6. The fourth-order valence-electron chi connectivity index (χ4n) is 5.72. The Bertz CT molecular complexity index is 1480. The lowest BCUT2D eigenvalue weighted by molar-refractivity contribution is 0.0594. The van der Waals surface area contributed by atoms with Gasteiger partial charge in [-0.05, 0) is 30.0 Å². The van der Waals surface area contributed by atoms with Gasteiger partial charge in [-0.1, -0.05) is 0 Å². The van der Waals surface area contributed by atoms with E-state index in [4.69, 9.17) is 18.9 Å². The number of ether oxygens (including phenoxy) is 4. The third kappa shape index (κ3) is 2.67. The quantitative estimate of drug-likeness (QED) is 0.542. The maximum atomic E-state index is 13.7. The van der Waals surface area contributed by atoms with Crippen molar-refractivity contribution in [2.24, 2.45) is 5.92 Å². The Balaban J connectivity index is 1.40. The summed E-state index contributed by atoms with van der Waals surface area (Å²) >= 11 is 0. The topological polar surface area (TPSA) is 123 Å². The van der Waals surface area contributed by atoms with Crippen molar-refractivity contribution in [3.63, 3.8) is 0 Å². The third-order valence-corrected chi connectivity index (χ3v) is 7.38. The maximum absolute atomic E-state index is 13.7. The number of nitrogens with zero attached hydrogens (tertiary/aromatic N) is 1. The number of benzene rings is 1. The molecule has 3 heterocycles. The molecule has 2 aromatic heterocycles. The van der Waals surface area contributed by atoms with Crippen LogP contribution in [0.1, 0.15) is 43.4 Å². The number of piperidine rings is 1. The highest BCUT2D eigenvalue weighted by atomic mass is 16.5. The van der Waals surface area contributed by atoms with Gasteiger partial charge < -0.3 is 33.8 Å². The van der Waals surface area contributed by atoms with Crippen LogP contribution >= 0.6 is 0 Å². The van der Waals surface area contributed by atoms with Crippen LogP contribution in [-0.4, -0.2) is 67.5 Å². The molecule has 0 unspecified atom stereocenters. The highest BCUT2D eigenvalue weighted by Crippen LogP contribution is 2.66. The van der Waals surface area contributed by atoms with Crippen LogP contribution in [0.2, 0.25) is 0 Å². The van der Waals surface area contributed by atoms with E-state index in [0.717, 1.165) is 12.0 Å². The molecule has 2 N–H and O–H groups in total. The van der Waals surface area contributed by atoms with Crippen LogP contribution < -0.4 is 14.2 Å². The number of aromatic nitrogens is 2. The second kappa shape index (κ2) is 7.14. The number of rotatable bonds is 5. The lowest BCUT2D eigenvalue weighted by atomic mass is 9.85. The summed E-state index contributed by atoms with van der Waals surface area (Å²) in [6, 6.07) is 5.16. The molecule has 2 fully saturated rings. The monoisotopic (exact) mass is 477 g/mol. The molecule has 35 heavy (non-hydrogen) atoms. The van der Waals surface area contributed by atoms with E-state index in [1.165, 1.54) is 34.5 Å². The second-order valence-corrected chi connectivity index (χ2v) is 8.93. The molecule has 1 spiro atoms. The molecular weight excluding hydrogens is 454 g/mol. The van der Waals surface area contributed by atoms with Gasteiger partial charge >= 0.3 is 5.97 Å². The molecule has 3 aliphatic rings. The molecule has 1 saturated carbocycles. The molecule has 0 bridgehead atoms. The summed E-state index contributed by atoms with van der Waals surface area (Å²) in [5, 5.41) is 0.678. The van der Waals surface area contributed by atoms with E-state index in [-0.39, 0.29) is 23.3 Å². The molecule has 10 heteroatoms. The Morgan fingerprint density at radius 1 is 1.00 bits per heavy atom.